The molecule has 2 unspecified atom stereocenters. The molecule has 4 rings (SSSR count). The van der Waals surface area contributed by atoms with Crippen LogP contribution in [0.1, 0.15) is 73.1 Å². The normalized spacial score (nSPS) is 22.8. The van der Waals surface area contributed by atoms with E-state index in [0.29, 0.717) is 19.6 Å². The van der Waals surface area contributed by atoms with E-state index < -0.39 is 0 Å². The lowest BCUT2D eigenvalue weighted by atomic mass is 9.75. The number of fused-ring (bicyclic) bond motifs is 4. The highest BCUT2D eigenvalue weighted by molar-refractivity contribution is 5.98. The molecule has 3 amide bonds. The maximum absolute atomic E-state index is 13.3. The summed E-state index contributed by atoms with van der Waals surface area (Å²) in [5.74, 6) is 0.165. The second-order valence-corrected chi connectivity index (χ2v) is 8.25. The number of nitrogens with zero attached hydrogens (tertiary/aromatic N) is 2. The molecule has 3 aliphatic rings. The first kappa shape index (κ1) is 19.7. The summed E-state index contributed by atoms with van der Waals surface area (Å²) in [5, 5.41) is 13.2. The van der Waals surface area contributed by atoms with Crippen LogP contribution in [0.2, 0.25) is 0 Å². The number of nitrogens with one attached hydrogen (secondary N) is 3. The van der Waals surface area contributed by atoms with Crippen LogP contribution >= 0.6 is 0 Å². The second-order valence-electron chi connectivity index (χ2n) is 8.25. The molecular weight excluding hydrogens is 366 g/mol. The molecule has 7 heteroatoms. The zero-order chi connectivity index (χ0) is 20.4. The van der Waals surface area contributed by atoms with Gasteiger partial charge in [0.2, 0.25) is 0 Å². The molecule has 1 aromatic rings. The van der Waals surface area contributed by atoms with Gasteiger partial charge in [-0.25, -0.2) is 4.79 Å². The van der Waals surface area contributed by atoms with E-state index in [1.54, 1.807) is 0 Å². The number of carbonyl (C=O) groups excluding carboxylic acids is 2. The lowest BCUT2D eigenvalue weighted by Gasteiger charge is -2.41. The molecule has 29 heavy (non-hydrogen) atoms. The van der Waals surface area contributed by atoms with E-state index in [-0.39, 0.29) is 23.9 Å². The molecule has 0 radical (unpaired) electrons. The van der Waals surface area contributed by atoms with Crippen molar-refractivity contribution in [1.29, 1.82) is 0 Å². The Morgan fingerprint density at radius 1 is 1.21 bits per heavy atom. The van der Waals surface area contributed by atoms with Crippen LogP contribution in [0.4, 0.5) is 4.79 Å². The molecule has 2 heterocycles. The number of rotatable bonds is 6. The Morgan fingerprint density at radius 2 is 1.93 bits per heavy atom. The summed E-state index contributed by atoms with van der Waals surface area (Å²) in [6.07, 6.45) is 11.0. The molecule has 3 N–H and O–H groups in total. The lowest BCUT2D eigenvalue weighted by Crippen LogP contribution is -2.49. The van der Waals surface area contributed by atoms with Gasteiger partial charge in [-0.15, -0.1) is 0 Å². The SMILES string of the molecule is CCCNC(=O)NCCCN1C(=O)c2c(n[nH]c2C)C2C=C3CCCCC3=CC21. The van der Waals surface area contributed by atoms with Crippen LogP contribution in [0, 0.1) is 6.92 Å². The molecule has 0 saturated heterocycles. The molecule has 0 spiro atoms. The molecule has 2 aliphatic carbocycles. The van der Waals surface area contributed by atoms with Gasteiger partial charge in [-0.3, -0.25) is 9.89 Å². The zero-order valence-electron chi connectivity index (χ0n) is 17.4. The van der Waals surface area contributed by atoms with Crippen LogP contribution in [0.15, 0.2) is 23.3 Å². The number of hydrogen-bond acceptors (Lipinski definition) is 3. The van der Waals surface area contributed by atoms with E-state index in [1.165, 1.54) is 24.0 Å². The second kappa shape index (κ2) is 8.43. The number of H-pyrrole nitrogens is 1. The molecule has 7 nitrogen and oxygen atoms in total. The summed E-state index contributed by atoms with van der Waals surface area (Å²) in [7, 11) is 0. The first-order valence-electron chi connectivity index (χ1n) is 10.9. The quantitative estimate of drug-likeness (QED) is 0.644. The van der Waals surface area contributed by atoms with E-state index in [9.17, 15) is 9.59 Å². The number of aromatic amines is 1. The maximum atomic E-state index is 13.3. The number of carbonyl (C=O) groups is 2. The summed E-state index contributed by atoms with van der Waals surface area (Å²) in [6.45, 7) is 5.77. The molecule has 1 fully saturated rings. The van der Waals surface area contributed by atoms with Crippen molar-refractivity contribution >= 4 is 11.9 Å². The van der Waals surface area contributed by atoms with Gasteiger partial charge in [-0.05, 0) is 56.6 Å². The minimum Gasteiger partial charge on any atom is -0.338 e. The van der Waals surface area contributed by atoms with E-state index in [2.05, 4.69) is 33.0 Å². The van der Waals surface area contributed by atoms with Gasteiger partial charge >= 0.3 is 6.03 Å². The highest BCUT2D eigenvalue weighted by atomic mass is 16.2. The predicted octanol–water partition coefficient (Wildman–Crippen LogP) is 3.17. The Labute approximate surface area is 172 Å². The van der Waals surface area contributed by atoms with Crippen molar-refractivity contribution in [2.24, 2.45) is 0 Å². The van der Waals surface area contributed by atoms with Gasteiger partial charge in [-0.1, -0.05) is 19.1 Å². The third-order valence-electron chi connectivity index (χ3n) is 6.20. The average Bonchev–Trinajstić information content (AvgIpc) is 3.12. The fraction of sp³-hybridized carbons (Fsp3) is 0.591. The van der Waals surface area contributed by atoms with Crippen molar-refractivity contribution in [1.82, 2.24) is 25.7 Å². The highest BCUT2D eigenvalue weighted by Gasteiger charge is 2.42. The average molecular weight is 398 g/mol. The van der Waals surface area contributed by atoms with Crippen molar-refractivity contribution in [3.05, 3.63) is 40.2 Å². The van der Waals surface area contributed by atoms with Crippen molar-refractivity contribution in [3.63, 3.8) is 0 Å². The van der Waals surface area contributed by atoms with Crippen LogP contribution in [-0.4, -0.2) is 52.7 Å². The summed E-state index contributed by atoms with van der Waals surface area (Å²) >= 11 is 0. The Kier molecular flexibility index (Phi) is 5.74. The van der Waals surface area contributed by atoms with Crippen LogP contribution in [-0.2, 0) is 0 Å². The number of amides is 3. The summed E-state index contributed by atoms with van der Waals surface area (Å²) in [4.78, 5) is 27.0. The fourth-order valence-corrected chi connectivity index (χ4v) is 4.72. The Bertz CT molecular complexity index is 853. The Balaban J connectivity index is 1.50. The van der Waals surface area contributed by atoms with E-state index in [1.807, 2.05) is 18.7 Å². The first-order valence-corrected chi connectivity index (χ1v) is 10.9. The number of aromatic nitrogens is 2. The minimum absolute atomic E-state index is 0.0171. The van der Waals surface area contributed by atoms with Crippen molar-refractivity contribution in [2.75, 3.05) is 19.6 Å². The maximum Gasteiger partial charge on any atom is 0.314 e. The summed E-state index contributed by atoms with van der Waals surface area (Å²) < 4.78 is 0. The van der Waals surface area contributed by atoms with Gasteiger partial charge in [0.25, 0.3) is 5.91 Å². The third-order valence-corrected chi connectivity index (χ3v) is 6.20. The molecule has 0 aromatic carbocycles. The standard InChI is InChI=1S/C22H31N5O2/c1-3-9-23-22(29)24-10-6-11-27-18-13-16-8-5-4-7-15(16)12-17(18)20-19(21(27)28)14(2)25-26-20/h12-13,17-18H,3-11H2,1-2H3,(H,25,26)(H2,23,24,29). The summed E-state index contributed by atoms with van der Waals surface area (Å²) in [6, 6.07) is -0.124. The van der Waals surface area contributed by atoms with E-state index >= 15 is 0 Å². The van der Waals surface area contributed by atoms with E-state index in [0.717, 1.165) is 42.6 Å². The van der Waals surface area contributed by atoms with Crippen LogP contribution in [0.5, 0.6) is 0 Å². The van der Waals surface area contributed by atoms with Crippen molar-refractivity contribution in [3.8, 4) is 0 Å². The fourth-order valence-electron chi connectivity index (χ4n) is 4.72. The van der Waals surface area contributed by atoms with Gasteiger partial charge in [0, 0.05) is 31.2 Å². The molecule has 1 aromatic heterocycles. The first-order chi connectivity index (χ1) is 14.1. The molecule has 1 saturated carbocycles. The van der Waals surface area contributed by atoms with Gasteiger partial charge in [-0.2, -0.15) is 5.10 Å². The lowest BCUT2D eigenvalue weighted by molar-refractivity contribution is 0.0669. The van der Waals surface area contributed by atoms with Gasteiger partial charge in [0.05, 0.1) is 17.3 Å². The number of allylic oxidation sites excluding steroid dienone is 2. The smallest absolute Gasteiger partial charge is 0.314 e. The highest BCUT2D eigenvalue weighted by Crippen LogP contribution is 2.43. The monoisotopic (exact) mass is 397 g/mol. The van der Waals surface area contributed by atoms with Gasteiger partial charge < -0.3 is 15.5 Å². The number of aryl methyl sites for hydroxylation is 1. The largest absolute Gasteiger partial charge is 0.338 e. The van der Waals surface area contributed by atoms with E-state index in [4.69, 9.17) is 0 Å². The van der Waals surface area contributed by atoms with Crippen molar-refractivity contribution < 1.29 is 9.59 Å². The molecule has 2 atom stereocenters. The zero-order valence-corrected chi connectivity index (χ0v) is 17.4. The van der Waals surface area contributed by atoms with Crippen molar-refractivity contribution in [2.45, 2.75) is 64.3 Å². The Morgan fingerprint density at radius 3 is 2.69 bits per heavy atom. The summed E-state index contributed by atoms with van der Waals surface area (Å²) in [5.41, 5.74) is 5.29. The number of urea groups is 1. The minimum atomic E-state index is -0.141. The molecule has 1 aliphatic heterocycles. The third kappa shape index (κ3) is 3.82. The molecular formula is C22H31N5O2. The Hall–Kier alpha value is -2.57. The van der Waals surface area contributed by atoms with Crippen LogP contribution in [0.3, 0.4) is 0 Å². The predicted molar refractivity (Wildman–Crippen MR) is 112 cm³/mol. The number of hydrogen-bond donors (Lipinski definition) is 3. The topological polar surface area (TPSA) is 90.1 Å². The molecule has 0 bridgehead atoms. The van der Waals surface area contributed by atoms with Gasteiger partial charge in [0.1, 0.15) is 0 Å². The van der Waals surface area contributed by atoms with Crippen LogP contribution < -0.4 is 10.6 Å². The molecule has 156 valence electrons. The van der Waals surface area contributed by atoms with Crippen LogP contribution in [0.25, 0.3) is 0 Å². The van der Waals surface area contributed by atoms with Gasteiger partial charge in [0.15, 0.2) is 0 Å².